The molecule has 0 aliphatic rings. The van der Waals surface area contributed by atoms with Crippen molar-refractivity contribution < 1.29 is 23.8 Å². The lowest BCUT2D eigenvalue weighted by Crippen LogP contribution is -2.21. The number of hydrogen-bond acceptors (Lipinski definition) is 5. The molecule has 2 aromatic carbocycles. The van der Waals surface area contributed by atoms with Gasteiger partial charge in [0.1, 0.15) is 0 Å². The van der Waals surface area contributed by atoms with E-state index in [0.29, 0.717) is 27.8 Å². The van der Waals surface area contributed by atoms with E-state index >= 15 is 0 Å². The van der Waals surface area contributed by atoms with Gasteiger partial charge in [0.2, 0.25) is 0 Å². The molecule has 1 N–H and O–H groups in total. The van der Waals surface area contributed by atoms with Crippen LogP contribution in [0.4, 0.5) is 5.69 Å². The standard InChI is InChI=1S/C19H20ClNO5/c1-11-7-12(2)18(14(20)8-11)21-17(22)10-26-15-6-5-13(19(23)25-4)9-16(15)24-3/h5-9H,10H2,1-4H3,(H,21,22). The third-order valence-corrected chi connectivity index (χ3v) is 3.94. The van der Waals surface area contributed by atoms with Gasteiger partial charge in [0.25, 0.3) is 5.91 Å². The molecule has 6 nitrogen and oxygen atoms in total. The van der Waals surface area contributed by atoms with Crippen molar-refractivity contribution in [1.29, 1.82) is 0 Å². The normalized spacial score (nSPS) is 10.2. The van der Waals surface area contributed by atoms with Crippen LogP contribution in [-0.2, 0) is 9.53 Å². The molecule has 0 heterocycles. The Hall–Kier alpha value is -2.73. The molecule has 0 fully saturated rings. The second-order valence-electron chi connectivity index (χ2n) is 5.63. The summed E-state index contributed by atoms with van der Waals surface area (Å²) in [6.45, 7) is 3.55. The Kier molecular flexibility index (Phi) is 6.46. The first-order chi connectivity index (χ1) is 12.3. The molecule has 1 amide bonds. The molecule has 2 rings (SSSR count). The Morgan fingerprint density at radius 3 is 2.42 bits per heavy atom. The number of nitrogens with one attached hydrogen (secondary N) is 1. The lowest BCUT2D eigenvalue weighted by atomic mass is 10.1. The molecular weight excluding hydrogens is 358 g/mol. The van der Waals surface area contributed by atoms with E-state index in [-0.39, 0.29) is 12.5 Å². The van der Waals surface area contributed by atoms with Gasteiger partial charge in [-0.15, -0.1) is 0 Å². The molecule has 7 heteroatoms. The average Bonchev–Trinajstić information content (AvgIpc) is 2.62. The summed E-state index contributed by atoms with van der Waals surface area (Å²) >= 11 is 6.19. The summed E-state index contributed by atoms with van der Waals surface area (Å²) in [4.78, 5) is 23.7. The van der Waals surface area contributed by atoms with Gasteiger partial charge in [0.05, 0.1) is 30.5 Å². The number of ether oxygens (including phenoxy) is 3. The molecule has 26 heavy (non-hydrogen) atoms. The van der Waals surface area contributed by atoms with E-state index in [0.717, 1.165) is 11.1 Å². The molecule has 0 unspecified atom stereocenters. The lowest BCUT2D eigenvalue weighted by molar-refractivity contribution is -0.118. The monoisotopic (exact) mass is 377 g/mol. The van der Waals surface area contributed by atoms with E-state index in [2.05, 4.69) is 10.1 Å². The first kappa shape index (κ1) is 19.6. The maximum atomic E-state index is 12.2. The second kappa shape index (κ2) is 8.58. The van der Waals surface area contributed by atoms with E-state index in [1.165, 1.54) is 26.4 Å². The first-order valence-corrected chi connectivity index (χ1v) is 8.19. The molecule has 0 atom stereocenters. The van der Waals surface area contributed by atoms with Crippen molar-refractivity contribution in [2.24, 2.45) is 0 Å². The van der Waals surface area contributed by atoms with Crippen LogP contribution in [-0.4, -0.2) is 32.7 Å². The van der Waals surface area contributed by atoms with E-state index in [1.54, 1.807) is 12.1 Å². The fraction of sp³-hybridized carbons (Fsp3) is 0.263. The van der Waals surface area contributed by atoms with Gasteiger partial charge in [-0.05, 0) is 49.2 Å². The average molecular weight is 378 g/mol. The zero-order valence-corrected chi connectivity index (χ0v) is 15.8. The smallest absolute Gasteiger partial charge is 0.337 e. The van der Waals surface area contributed by atoms with Gasteiger partial charge in [-0.3, -0.25) is 4.79 Å². The van der Waals surface area contributed by atoms with Crippen LogP contribution in [0.25, 0.3) is 0 Å². The summed E-state index contributed by atoms with van der Waals surface area (Å²) in [6, 6.07) is 8.27. The van der Waals surface area contributed by atoms with Crippen LogP contribution in [0.1, 0.15) is 21.5 Å². The topological polar surface area (TPSA) is 73.9 Å². The van der Waals surface area contributed by atoms with Crippen LogP contribution < -0.4 is 14.8 Å². The Morgan fingerprint density at radius 2 is 1.81 bits per heavy atom. The predicted octanol–water partition coefficient (Wildman–Crippen LogP) is 3.77. The number of aryl methyl sites for hydroxylation is 2. The van der Waals surface area contributed by atoms with Crippen molar-refractivity contribution in [1.82, 2.24) is 0 Å². The minimum absolute atomic E-state index is 0.239. The molecular formula is C19H20ClNO5. The summed E-state index contributed by atoms with van der Waals surface area (Å²) in [7, 11) is 2.74. The van der Waals surface area contributed by atoms with E-state index in [4.69, 9.17) is 21.1 Å². The summed E-state index contributed by atoms with van der Waals surface area (Å²) in [5, 5.41) is 3.21. The van der Waals surface area contributed by atoms with Gasteiger partial charge in [0.15, 0.2) is 18.1 Å². The van der Waals surface area contributed by atoms with Crippen LogP contribution in [0.3, 0.4) is 0 Å². The summed E-state index contributed by atoms with van der Waals surface area (Å²) < 4.78 is 15.4. The second-order valence-corrected chi connectivity index (χ2v) is 6.04. The molecule has 138 valence electrons. The minimum atomic E-state index is -0.489. The van der Waals surface area contributed by atoms with E-state index in [9.17, 15) is 9.59 Å². The zero-order valence-electron chi connectivity index (χ0n) is 15.0. The maximum Gasteiger partial charge on any atom is 0.337 e. The molecule has 2 aromatic rings. The van der Waals surface area contributed by atoms with Crippen molar-refractivity contribution in [2.75, 3.05) is 26.1 Å². The maximum absolute atomic E-state index is 12.2. The molecule has 0 saturated heterocycles. The fourth-order valence-electron chi connectivity index (χ4n) is 2.42. The van der Waals surface area contributed by atoms with Crippen LogP contribution in [0.15, 0.2) is 30.3 Å². The molecule has 0 aromatic heterocycles. The number of esters is 1. The van der Waals surface area contributed by atoms with Gasteiger partial charge in [-0.2, -0.15) is 0 Å². The molecule has 0 radical (unpaired) electrons. The first-order valence-electron chi connectivity index (χ1n) is 7.81. The zero-order chi connectivity index (χ0) is 19.3. The highest BCUT2D eigenvalue weighted by Crippen LogP contribution is 2.29. The van der Waals surface area contributed by atoms with Crippen molar-refractivity contribution >= 4 is 29.2 Å². The van der Waals surface area contributed by atoms with Crippen LogP contribution >= 0.6 is 11.6 Å². The van der Waals surface area contributed by atoms with Gasteiger partial charge in [-0.25, -0.2) is 4.79 Å². The third-order valence-electron chi connectivity index (χ3n) is 3.64. The number of rotatable bonds is 6. The van der Waals surface area contributed by atoms with E-state index < -0.39 is 5.97 Å². The molecule has 0 bridgehead atoms. The Balaban J connectivity index is 2.07. The van der Waals surface area contributed by atoms with Crippen LogP contribution in [0, 0.1) is 13.8 Å². The summed E-state index contributed by atoms with van der Waals surface area (Å²) in [5.74, 6) is -0.192. The Bertz CT molecular complexity index is 812. The number of anilines is 1. The lowest BCUT2D eigenvalue weighted by Gasteiger charge is -2.14. The molecule has 0 aliphatic carbocycles. The predicted molar refractivity (Wildman–Crippen MR) is 99.4 cm³/mol. The number of carbonyl (C=O) groups is 2. The van der Waals surface area contributed by atoms with Crippen molar-refractivity contribution in [3.05, 3.63) is 52.0 Å². The van der Waals surface area contributed by atoms with Gasteiger partial charge < -0.3 is 19.5 Å². The minimum Gasteiger partial charge on any atom is -0.493 e. The quantitative estimate of drug-likeness (QED) is 0.776. The summed E-state index contributed by atoms with van der Waals surface area (Å²) in [6.07, 6.45) is 0. The number of amides is 1. The largest absolute Gasteiger partial charge is 0.493 e. The number of methoxy groups -OCH3 is 2. The van der Waals surface area contributed by atoms with Gasteiger partial charge >= 0.3 is 5.97 Å². The Labute approximate surface area is 157 Å². The molecule has 0 aliphatic heterocycles. The molecule has 0 saturated carbocycles. The Morgan fingerprint density at radius 1 is 1.08 bits per heavy atom. The highest BCUT2D eigenvalue weighted by atomic mass is 35.5. The molecule has 0 spiro atoms. The number of carbonyl (C=O) groups excluding carboxylic acids is 2. The van der Waals surface area contributed by atoms with Crippen molar-refractivity contribution in [3.8, 4) is 11.5 Å². The third kappa shape index (κ3) is 4.67. The van der Waals surface area contributed by atoms with Gasteiger partial charge in [0, 0.05) is 0 Å². The fourth-order valence-corrected chi connectivity index (χ4v) is 2.79. The van der Waals surface area contributed by atoms with E-state index in [1.807, 2.05) is 19.9 Å². The van der Waals surface area contributed by atoms with Crippen molar-refractivity contribution in [2.45, 2.75) is 13.8 Å². The van der Waals surface area contributed by atoms with Gasteiger partial charge in [-0.1, -0.05) is 17.7 Å². The van der Waals surface area contributed by atoms with Crippen LogP contribution in [0.2, 0.25) is 5.02 Å². The van der Waals surface area contributed by atoms with Crippen LogP contribution in [0.5, 0.6) is 11.5 Å². The number of halogens is 1. The summed E-state index contributed by atoms with van der Waals surface area (Å²) in [5.41, 5.74) is 2.75. The highest BCUT2D eigenvalue weighted by molar-refractivity contribution is 6.34. The van der Waals surface area contributed by atoms with Crippen molar-refractivity contribution in [3.63, 3.8) is 0 Å². The SMILES string of the molecule is COC(=O)c1ccc(OCC(=O)Nc2c(C)cc(C)cc2Cl)c(OC)c1. The number of hydrogen-bond donors (Lipinski definition) is 1. The highest BCUT2D eigenvalue weighted by Gasteiger charge is 2.14. The number of benzene rings is 2.